The Kier molecular flexibility index (Phi) is 6.19. The van der Waals surface area contributed by atoms with Gasteiger partial charge in [-0.1, -0.05) is 37.3 Å². The Morgan fingerprint density at radius 2 is 1.82 bits per heavy atom. The number of hydrogen-bond donors (Lipinski definition) is 1. The van der Waals surface area contributed by atoms with E-state index in [2.05, 4.69) is 0 Å². The molecule has 0 unspecified atom stereocenters. The lowest BCUT2D eigenvalue weighted by Gasteiger charge is -2.24. The third-order valence-corrected chi connectivity index (χ3v) is 2.80. The molecule has 1 aromatic carbocycles. The minimum Gasteiger partial charge on any atom is -0.391 e. The maximum absolute atomic E-state index is 9.52. The molecule has 3 heteroatoms. The zero-order valence-corrected chi connectivity index (χ0v) is 10.8. The van der Waals surface area contributed by atoms with E-state index in [1.807, 2.05) is 37.3 Å². The van der Waals surface area contributed by atoms with Crippen LogP contribution in [-0.2, 0) is 16.1 Å². The van der Waals surface area contributed by atoms with E-state index in [0.717, 1.165) is 5.56 Å². The van der Waals surface area contributed by atoms with Gasteiger partial charge in [0.05, 0.1) is 25.4 Å². The maximum atomic E-state index is 9.52. The average molecular weight is 238 g/mol. The Labute approximate surface area is 103 Å². The lowest BCUT2D eigenvalue weighted by atomic mass is 10.0. The summed E-state index contributed by atoms with van der Waals surface area (Å²) in [5.41, 5.74) is 1.16. The summed E-state index contributed by atoms with van der Waals surface area (Å²) in [6.45, 7) is 4.94. The number of hydrogen-bond acceptors (Lipinski definition) is 3. The lowest BCUT2D eigenvalue weighted by Crippen LogP contribution is -2.34. The number of aliphatic hydroxyl groups excluding tert-OH is 1. The molecule has 0 aromatic heterocycles. The molecular weight excluding hydrogens is 216 g/mol. The van der Waals surface area contributed by atoms with Crippen molar-refractivity contribution < 1.29 is 14.6 Å². The van der Waals surface area contributed by atoms with Crippen LogP contribution in [0, 0.1) is 5.92 Å². The molecule has 0 radical (unpaired) electrons. The van der Waals surface area contributed by atoms with Crippen molar-refractivity contribution in [1.29, 1.82) is 0 Å². The number of methoxy groups -OCH3 is 1. The van der Waals surface area contributed by atoms with Gasteiger partial charge in [0.15, 0.2) is 0 Å². The highest BCUT2D eigenvalue weighted by molar-refractivity contribution is 5.13. The quantitative estimate of drug-likeness (QED) is 0.791. The van der Waals surface area contributed by atoms with Gasteiger partial charge < -0.3 is 14.6 Å². The van der Waals surface area contributed by atoms with Gasteiger partial charge in [0.25, 0.3) is 0 Å². The molecule has 0 fully saturated rings. The topological polar surface area (TPSA) is 38.7 Å². The van der Waals surface area contributed by atoms with E-state index < -0.39 is 6.10 Å². The van der Waals surface area contributed by atoms with Crippen molar-refractivity contribution in [1.82, 2.24) is 0 Å². The average Bonchev–Trinajstić information content (AvgIpc) is 2.30. The second-order valence-electron chi connectivity index (χ2n) is 4.42. The maximum Gasteiger partial charge on any atom is 0.0874 e. The van der Waals surface area contributed by atoms with Gasteiger partial charge in [-0.3, -0.25) is 0 Å². The van der Waals surface area contributed by atoms with Gasteiger partial charge in [-0.25, -0.2) is 0 Å². The first-order valence-corrected chi connectivity index (χ1v) is 5.97. The molecule has 1 rings (SSSR count). The van der Waals surface area contributed by atoms with Crippen LogP contribution in [0.15, 0.2) is 30.3 Å². The third kappa shape index (κ3) is 4.86. The third-order valence-electron chi connectivity index (χ3n) is 2.80. The van der Waals surface area contributed by atoms with Crippen molar-refractivity contribution in [3.05, 3.63) is 35.9 Å². The highest BCUT2D eigenvalue weighted by atomic mass is 16.5. The van der Waals surface area contributed by atoms with Crippen LogP contribution in [0.4, 0.5) is 0 Å². The Bertz CT molecular complexity index is 298. The Balaban J connectivity index is 2.31. The molecule has 3 nitrogen and oxygen atoms in total. The summed E-state index contributed by atoms with van der Waals surface area (Å²) in [7, 11) is 1.62. The van der Waals surface area contributed by atoms with Crippen LogP contribution in [0.25, 0.3) is 0 Å². The highest BCUT2D eigenvalue weighted by Crippen LogP contribution is 2.12. The fraction of sp³-hybridized carbons (Fsp3) is 0.571. The molecule has 0 spiro atoms. The molecule has 1 aromatic rings. The zero-order valence-electron chi connectivity index (χ0n) is 10.8. The standard InChI is InChI=1S/C14H22O3/c1-11(14(16-3)12(2)15)9-17-10-13-7-5-4-6-8-13/h4-8,11-12,14-15H,9-10H2,1-3H3/t11-,12+,14-/m1/s1. The molecular formula is C14H22O3. The largest absolute Gasteiger partial charge is 0.391 e. The van der Waals surface area contributed by atoms with Crippen LogP contribution >= 0.6 is 0 Å². The molecule has 1 N–H and O–H groups in total. The minimum absolute atomic E-state index is 0.170. The smallest absolute Gasteiger partial charge is 0.0874 e. The first-order valence-electron chi connectivity index (χ1n) is 5.97. The predicted molar refractivity (Wildman–Crippen MR) is 67.7 cm³/mol. The summed E-state index contributed by atoms with van der Waals surface area (Å²) < 4.78 is 10.9. The molecule has 0 bridgehead atoms. The highest BCUT2D eigenvalue weighted by Gasteiger charge is 2.21. The lowest BCUT2D eigenvalue weighted by molar-refractivity contribution is -0.0574. The summed E-state index contributed by atoms with van der Waals surface area (Å²) in [5, 5.41) is 9.52. The van der Waals surface area contributed by atoms with Crippen LogP contribution in [0.2, 0.25) is 0 Å². The van der Waals surface area contributed by atoms with Gasteiger partial charge in [0.1, 0.15) is 0 Å². The molecule has 0 saturated carbocycles. The normalized spacial score (nSPS) is 16.5. The SMILES string of the molecule is CO[C@@H]([C@H](C)O)[C@H](C)COCc1ccccc1. The number of ether oxygens (including phenoxy) is 2. The monoisotopic (exact) mass is 238 g/mol. The number of benzene rings is 1. The van der Waals surface area contributed by atoms with Crippen molar-refractivity contribution in [3.63, 3.8) is 0 Å². The van der Waals surface area contributed by atoms with Gasteiger partial charge in [0.2, 0.25) is 0 Å². The second-order valence-corrected chi connectivity index (χ2v) is 4.42. The van der Waals surface area contributed by atoms with Crippen LogP contribution in [0.5, 0.6) is 0 Å². The van der Waals surface area contributed by atoms with E-state index in [9.17, 15) is 5.11 Å². The summed E-state index contributed by atoms with van der Waals surface area (Å²) in [6, 6.07) is 10.0. The number of aliphatic hydroxyl groups is 1. The van der Waals surface area contributed by atoms with Crippen LogP contribution in [0.3, 0.4) is 0 Å². The van der Waals surface area contributed by atoms with Crippen LogP contribution in [-0.4, -0.2) is 31.0 Å². The molecule has 96 valence electrons. The molecule has 0 aliphatic rings. The fourth-order valence-electron chi connectivity index (χ4n) is 1.94. The van der Waals surface area contributed by atoms with Crippen molar-refractivity contribution in [2.24, 2.45) is 5.92 Å². The Morgan fingerprint density at radius 3 is 2.35 bits per heavy atom. The van der Waals surface area contributed by atoms with Gasteiger partial charge in [-0.2, -0.15) is 0 Å². The van der Waals surface area contributed by atoms with Crippen LogP contribution in [0.1, 0.15) is 19.4 Å². The summed E-state index contributed by atoms with van der Waals surface area (Å²) in [4.78, 5) is 0. The van der Waals surface area contributed by atoms with Gasteiger partial charge in [0, 0.05) is 13.0 Å². The first kappa shape index (κ1) is 14.2. The number of rotatable bonds is 7. The van der Waals surface area contributed by atoms with E-state index in [-0.39, 0.29) is 12.0 Å². The van der Waals surface area contributed by atoms with E-state index >= 15 is 0 Å². The summed E-state index contributed by atoms with van der Waals surface area (Å²) >= 11 is 0. The van der Waals surface area contributed by atoms with E-state index in [4.69, 9.17) is 9.47 Å². The van der Waals surface area contributed by atoms with Gasteiger partial charge in [-0.15, -0.1) is 0 Å². The van der Waals surface area contributed by atoms with Gasteiger partial charge in [-0.05, 0) is 12.5 Å². The molecule has 17 heavy (non-hydrogen) atoms. The summed E-state index contributed by atoms with van der Waals surface area (Å²) in [6.07, 6.45) is -0.652. The molecule has 0 amide bonds. The Hall–Kier alpha value is -0.900. The molecule has 0 aliphatic carbocycles. The van der Waals surface area contributed by atoms with E-state index in [1.165, 1.54) is 0 Å². The minimum atomic E-state index is -0.477. The van der Waals surface area contributed by atoms with E-state index in [1.54, 1.807) is 14.0 Å². The molecule has 0 saturated heterocycles. The fourth-order valence-corrected chi connectivity index (χ4v) is 1.94. The zero-order chi connectivity index (χ0) is 12.7. The molecule has 0 aliphatic heterocycles. The van der Waals surface area contributed by atoms with Crippen molar-refractivity contribution >= 4 is 0 Å². The van der Waals surface area contributed by atoms with Crippen molar-refractivity contribution in [2.75, 3.05) is 13.7 Å². The van der Waals surface area contributed by atoms with Crippen molar-refractivity contribution in [2.45, 2.75) is 32.7 Å². The van der Waals surface area contributed by atoms with E-state index in [0.29, 0.717) is 13.2 Å². The van der Waals surface area contributed by atoms with Crippen molar-refractivity contribution in [3.8, 4) is 0 Å². The van der Waals surface area contributed by atoms with Crippen LogP contribution < -0.4 is 0 Å². The second kappa shape index (κ2) is 7.43. The molecule has 3 atom stereocenters. The molecule has 0 heterocycles. The summed E-state index contributed by atoms with van der Waals surface area (Å²) in [5.74, 6) is 0.170. The first-order chi connectivity index (χ1) is 8.15. The Morgan fingerprint density at radius 1 is 1.18 bits per heavy atom. The van der Waals surface area contributed by atoms with Gasteiger partial charge >= 0.3 is 0 Å². The predicted octanol–water partition coefficient (Wildman–Crippen LogP) is 2.24.